The van der Waals surface area contributed by atoms with Gasteiger partial charge in [0.2, 0.25) is 0 Å². The maximum absolute atomic E-state index is 12.3. The van der Waals surface area contributed by atoms with Gasteiger partial charge in [-0.1, -0.05) is 24.3 Å². The summed E-state index contributed by atoms with van der Waals surface area (Å²) in [7, 11) is 0. The van der Waals surface area contributed by atoms with Crippen LogP contribution in [0.4, 0.5) is 0 Å². The minimum Gasteiger partial charge on any atom is -0.346 e. The molecule has 1 aromatic carbocycles. The molecule has 3 heterocycles. The smallest absolute Gasteiger partial charge is 0.286 e. The molecule has 0 unspecified atom stereocenters. The number of rotatable bonds is 2. The number of aryl methyl sites for hydroxylation is 2. The maximum atomic E-state index is 12.3. The summed E-state index contributed by atoms with van der Waals surface area (Å²) in [5, 5.41) is 5.25. The number of aliphatic imine (C=N–C) groups is 1. The Morgan fingerprint density at radius 2 is 2.08 bits per heavy atom. The van der Waals surface area contributed by atoms with Crippen LogP contribution in [-0.2, 0) is 24.3 Å². The van der Waals surface area contributed by atoms with Gasteiger partial charge in [0, 0.05) is 31.4 Å². The zero-order chi connectivity index (χ0) is 17.4. The van der Waals surface area contributed by atoms with Gasteiger partial charge in [0.1, 0.15) is 0 Å². The molecule has 2 aliphatic heterocycles. The third kappa shape index (κ3) is 3.14. The molecule has 0 spiro atoms. The number of nitrogens with zero attached hydrogens (tertiary/aromatic N) is 4. The first-order valence-electron chi connectivity index (χ1n) is 8.52. The lowest BCUT2D eigenvalue weighted by Gasteiger charge is -2.29. The molecule has 0 radical (unpaired) electrons. The summed E-state index contributed by atoms with van der Waals surface area (Å²) < 4.78 is 1.88. The molecule has 2 aliphatic rings. The number of carbonyl (C=O) groups excluding carboxylic acids is 1. The molecule has 0 bridgehead atoms. The Hall–Kier alpha value is -2.34. The fourth-order valence-electron chi connectivity index (χ4n) is 3.17. The van der Waals surface area contributed by atoms with Crippen molar-refractivity contribution in [3.8, 4) is 0 Å². The Balaban J connectivity index is 1.53. The van der Waals surface area contributed by atoms with Crippen LogP contribution in [0.3, 0.4) is 0 Å². The van der Waals surface area contributed by atoms with Crippen LogP contribution >= 0.6 is 11.8 Å². The van der Waals surface area contributed by atoms with Crippen molar-refractivity contribution in [3.05, 3.63) is 57.8 Å². The second-order valence-electron chi connectivity index (χ2n) is 6.28. The molecule has 5 nitrogen and oxygen atoms in total. The molecular formula is C19H20N4OS. The molecule has 0 N–H and O–H groups in total. The van der Waals surface area contributed by atoms with Gasteiger partial charge in [-0.3, -0.25) is 9.48 Å². The number of amidine groups is 1. The van der Waals surface area contributed by atoms with Gasteiger partial charge in [-0.25, -0.2) is 0 Å². The Kier molecular flexibility index (Phi) is 4.21. The van der Waals surface area contributed by atoms with E-state index >= 15 is 0 Å². The largest absolute Gasteiger partial charge is 0.346 e. The molecule has 0 atom stereocenters. The topological polar surface area (TPSA) is 50.5 Å². The summed E-state index contributed by atoms with van der Waals surface area (Å²) in [6.45, 7) is 6.55. The SMILES string of the molecule is CCn1cc(/C=C2\SC(N3CCc4ccccc4C3)=NC2=O)c(C)n1. The minimum atomic E-state index is -0.150. The lowest BCUT2D eigenvalue weighted by Crippen LogP contribution is -2.33. The van der Waals surface area contributed by atoms with E-state index in [-0.39, 0.29) is 5.91 Å². The summed E-state index contributed by atoms with van der Waals surface area (Å²) in [5.41, 5.74) is 4.63. The molecule has 4 rings (SSSR count). The van der Waals surface area contributed by atoms with Gasteiger partial charge in [-0.05, 0) is 49.2 Å². The van der Waals surface area contributed by atoms with Gasteiger partial charge in [-0.2, -0.15) is 10.1 Å². The summed E-state index contributed by atoms with van der Waals surface area (Å²) in [6.07, 6.45) is 4.88. The molecule has 1 aromatic heterocycles. The van der Waals surface area contributed by atoms with Crippen LogP contribution < -0.4 is 0 Å². The standard InChI is InChI=1S/C19H20N4OS/c1-3-23-12-16(13(2)21-23)10-17-18(24)20-19(25-17)22-9-8-14-6-4-5-7-15(14)11-22/h4-7,10,12H,3,8-9,11H2,1-2H3/b17-10-. The highest BCUT2D eigenvalue weighted by atomic mass is 32.2. The van der Waals surface area contributed by atoms with Crippen molar-refractivity contribution in [1.82, 2.24) is 14.7 Å². The second kappa shape index (κ2) is 6.52. The van der Waals surface area contributed by atoms with Crippen molar-refractivity contribution in [2.75, 3.05) is 6.54 Å². The Bertz CT molecular complexity index is 897. The highest BCUT2D eigenvalue weighted by Gasteiger charge is 2.28. The van der Waals surface area contributed by atoms with E-state index in [0.717, 1.165) is 42.5 Å². The molecule has 2 aromatic rings. The predicted octanol–water partition coefficient (Wildman–Crippen LogP) is 3.24. The first-order chi connectivity index (χ1) is 12.1. The van der Waals surface area contributed by atoms with Crippen molar-refractivity contribution in [2.45, 2.75) is 33.4 Å². The van der Waals surface area contributed by atoms with E-state index in [9.17, 15) is 4.79 Å². The summed E-state index contributed by atoms with van der Waals surface area (Å²) in [4.78, 5) is 19.5. The number of fused-ring (bicyclic) bond motifs is 1. The summed E-state index contributed by atoms with van der Waals surface area (Å²) >= 11 is 1.47. The van der Waals surface area contributed by atoms with E-state index in [1.54, 1.807) is 0 Å². The number of aromatic nitrogens is 2. The van der Waals surface area contributed by atoms with Crippen LogP contribution in [0.1, 0.15) is 29.3 Å². The lowest BCUT2D eigenvalue weighted by atomic mass is 10.0. The third-order valence-corrected chi connectivity index (χ3v) is 5.65. The van der Waals surface area contributed by atoms with Crippen LogP contribution in [0.2, 0.25) is 0 Å². The van der Waals surface area contributed by atoms with E-state index in [1.165, 1.54) is 22.9 Å². The van der Waals surface area contributed by atoms with Gasteiger partial charge in [0.25, 0.3) is 5.91 Å². The normalized spacial score (nSPS) is 18.6. The van der Waals surface area contributed by atoms with Crippen molar-refractivity contribution in [1.29, 1.82) is 0 Å². The maximum Gasteiger partial charge on any atom is 0.286 e. The zero-order valence-corrected chi connectivity index (χ0v) is 15.2. The molecule has 1 amide bonds. The third-order valence-electron chi connectivity index (χ3n) is 4.61. The Morgan fingerprint density at radius 3 is 2.84 bits per heavy atom. The van der Waals surface area contributed by atoms with Crippen molar-refractivity contribution < 1.29 is 4.79 Å². The molecule has 6 heteroatoms. The first kappa shape index (κ1) is 16.1. The summed E-state index contributed by atoms with van der Waals surface area (Å²) in [6, 6.07) is 8.49. The zero-order valence-electron chi connectivity index (χ0n) is 14.4. The van der Waals surface area contributed by atoms with E-state index in [1.807, 2.05) is 30.8 Å². The molecule has 128 valence electrons. The van der Waals surface area contributed by atoms with E-state index in [0.29, 0.717) is 4.91 Å². The second-order valence-corrected chi connectivity index (χ2v) is 7.29. The fraction of sp³-hybridized carbons (Fsp3) is 0.316. The van der Waals surface area contributed by atoms with Gasteiger partial charge < -0.3 is 4.90 Å². The Morgan fingerprint density at radius 1 is 1.28 bits per heavy atom. The van der Waals surface area contributed by atoms with Crippen LogP contribution in [0.15, 0.2) is 40.4 Å². The van der Waals surface area contributed by atoms with Crippen LogP contribution in [-0.4, -0.2) is 32.3 Å². The molecule has 0 aliphatic carbocycles. The average molecular weight is 352 g/mol. The highest BCUT2D eigenvalue weighted by Crippen LogP contribution is 2.32. The summed E-state index contributed by atoms with van der Waals surface area (Å²) in [5.74, 6) is -0.150. The van der Waals surface area contributed by atoms with Crippen LogP contribution in [0.25, 0.3) is 6.08 Å². The molecule has 0 fully saturated rings. The van der Waals surface area contributed by atoms with Gasteiger partial charge >= 0.3 is 0 Å². The van der Waals surface area contributed by atoms with Gasteiger partial charge in [0.05, 0.1) is 10.6 Å². The van der Waals surface area contributed by atoms with Crippen LogP contribution in [0.5, 0.6) is 0 Å². The molecular weight excluding hydrogens is 332 g/mol. The van der Waals surface area contributed by atoms with Crippen molar-refractivity contribution in [3.63, 3.8) is 0 Å². The number of hydrogen-bond acceptors (Lipinski definition) is 4. The first-order valence-corrected chi connectivity index (χ1v) is 9.34. The van der Waals surface area contributed by atoms with Crippen molar-refractivity contribution in [2.24, 2.45) is 4.99 Å². The van der Waals surface area contributed by atoms with Crippen molar-refractivity contribution >= 4 is 28.9 Å². The van der Waals surface area contributed by atoms with Gasteiger partial charge in [0.15, 0.2) is 5.17 Å². The number of amides is 1. The van der Waals surface area contributed by atoms with E-state index < -0.39 is 0 Å². The molecule has 0 saturated carbocycles. The van der Waals surface area contributed by atoms with E-state index in [2.05, 4.69) is 39.3 Å². The monoisotopic (exact) mass is 352 g/mol. The number of hydrogen-bond donors (Lipinski definition) is 0. The highest BCUT2D eigenvalue weighted by molar-refractivity contribution is 8.18. The Labute approximate surface area is 151 Å². The lowest BCUT2D eigenvalue weighted by molar-refractivity contribution is -0.113. The van der Waals surface area contributed by atoms with Crippen LogP contribution in [0, 0.1) is 6.92 Å². The van der Waals surface area contributed by atoms with Gasteiger partial charge in [-0.15, -0.1) is 0 Å². The fourth-order valence-corrected chi connectivity index (χ4v) is 4.10. The minimum absolute atomic E-state index is 0.150. The number of carbonyl (C=O) groups is 1. The molecule has 25 heavy (non-hydrogen) atoms. The van der Waals surface area contributed by atoms with E-state index in [4.69, 9.17) is 0 Å². The average Bonchev–Trinajstić information content (AvgIpc) is 3.18. The predicted molar refractivity (Wildman–Crippen MR) is 101 cm³/mol. The number of thioether (sulfide) groups is 1. The number of benzene rings is 1. The quantitative estimate of drug-likeness (QED) is 0.779. The molecule has 0 saturated heterocycles.